The average Bonchev–Trinajstić information content (AvgIpc) is 2.29. The summed E-state index contributed by atoms with van der Waals surface area (Å²) in [7, 11) is 0. The van der Waals surface area contributed by atoms with Gasteiger partial charge < -0.3 is 10.6 Å². The van der Waals surface area contributed by atoms with Crippen molar-refractivity contribution >= 4 is 17.5 Å². The van der Waals surface area contributed by atoms with Gasteiger partial charge in [0.05, 0.1) is 0 Å². The van der Waals surface area contributed by atoms with Gasteiger partial charge >= 0.3 is 11.7 Å². The van der Waals surface area contributed by atoms with Gasteiger partial charge in [0.2, 0.25) is 0 Å². The number of carboxylic acid groups (broad SMARTS) is 1. The molecule has 16 heavy (non-hydrogen) atoms. The number of hydrogen-bond acceptors (Lipinski definition) is 2. The zero-order chi connectivity index (χ0) is 12.1. The maximum Gasteiger partial charge on any atom is 0.446 e. The first kappa shape index (κ1) is 11.8. The van der Waals surface area contributed by atoms with E-state index in [1.807, 2.05) is 6.92 Å². The Morgan fingerprint density at radius 1 is 1.38 bits per heavy atom. The maximum absolute atomic E-state index is 11.7. The summed E-state index contributed by atoms with van der Waals surface area (Å²) in [4.78, 5) is 24.9. The number of aryl methyl sites for hydroxylation is 1. The molecule has 0 fully saturated rings. The van der Waals surface area contributed by atoms with E-state index >= 15 is 0 Å². The summed E-state index contributed by atoms with van der Waals surface area (Å²) in [5.41, 5.74) is 8.57. The van der Waals surface area contributed by atoms with E-state index in [1.54, 1.807) is 18.2 Å². The fourth-order valence-electron chi connectivity index (χ4n) is 1.36. The lowest BCUT2D eigenvalue weighted by atomic mass is 9.99. The van der Waals surface area contributed by atoms with Gasteiger partial charge in [0.25, 0.3) is 5.78 Å². The van der Waals surface area contributed by atoms with E-state index in [2.05, 4.69) is 4.79 Å². The van der Waals surface area contributed by atoms with Crippen LogP contribution < -0.4 is 0 Å². The highest BCUT2D eigenvalue weighted by molar-refractivity contribution is 6.65. The predicted molar refractivity (Wildman–Crippen MR) is 56.4 cm³/mol. The normalized spacial score (nSPS) is 9.31. The molecule has 5 heteroatoms. The van der Waals surface area contributed by atoms with Crippen molar-refractivity contribution in [1.82, 2.24) is 0 Å². The van der Waals surface area contributed by atoms with Crippen LogP contribution in [0.3, 0.4) is 0 Å². The molecule has 0 aliphatic carbocycles. The first-order valence-corrected chi connectivity index (χ1v) is 4.69. The van der Waals surface area contributed by atoms with Gasteiger partial charge in [0.15, 0.2) is 0 Å². The zero-order valence-electron chi connectivity index (χ0n) is 8.67. The molecule has 0 radical (unpaired) electrons. The van der Waals surface area contributed by atoms with Crippen molar-refractivity contribution < 1.29 is 19.5 Å². The molecule has 82 valence electrons. The monoisotopic (exact) mass is 218 g/mol. The zero-order valence-corrected chi connectivity index (χ0v) is 8.67. The Morgan fingerprint density at radius 2 is 2.00 bits per heavy atom. The second kappa shape index (κ2) is 5.00. The Hall–Kier alpha value is -2.26. The highest BCUT2D eigenvalue weighted by atomic mass is 16.4. The second-order valence-corrected chi connectivity index (χ2v) is 3.09. The van der Waals surface area contributed by atoms with Crippen LogP contribution in [0.1, 0.15) is 22.8 Å². The number of benzene rings is 1. The lowest BCUT2D eigenvalue weighted by molar-refractivity contribution is -0.133. The minimum absolute atomic E-state index is 0.250. The quantitative estimate of drug-likeness (QED) is 0.270. The van der Waals surface area contributed by atoms with Crippen molar-refractivity contribution in [1.29, 1.82) is 0 Å². The van der Waals surface area contributed by atoms with E-state index in [4.69, 9.17) is 10.6 Å². The van der Waals surface area contributed by atoms with E-state index in [1.165, 1.54) is 6.07 Å². The molecular formula is C11H10N2O3. The van der Waals surface area contributed by atoms with E-state index in [9.17, 15) is 9.59 Å². The molecule has 0 aliphatic rings. The largest absolute Gasteiger partial charge is 0.472 e. The van der Waals surface area contributed by atoms with Crippen LogP contribution in [0.25, 0.3) is 5.53 Å². The number of carboxylic acids is 1. The van der Waals surface area contributed by atoms with Crippen molar-refractivity contribution in [3.05, 3.63) is 40.9 Å². The van der Waals surface area contributed by atoms with Gasteiger partial charge in [0, 0.05) is 5.56 Å². The number of carbonyl (C=O) groups is 2. The number of hydrogen-bond donors (Lipinski definition) is 1. The number of aliphatic carboxylic acids is 1. The standard InChI is InChI=1S/C11H10N2O3/c1-2-7-5-3-4-6-8(7)10(14)9(13-12)11(15)16/h3-6H,2H2,1H3,(H,15,16). The third kappa shape index (κ3) is 2.21. The molecule has 5 nitrogen and oxygen atoms in total. The molecule has 1 aromatic rings. The number of carbonyl (C=O) groups excluding carboxylic acids is 1. The lowest BCUT2D eigenvalue weighted by Gasteiger charge is -2.01. The van der Waals surface area contributed by atoms with E-state index in [-0.39, 0.29) is 5.56 Å². The molecule has 0 saturated heterocycles. The van der Waals surface area contributed by atoms with Gasteiger partial charge in [-0.25, -0.2) is 4.79 Å². The van der Waals surface area contributed by atoms with Crippen molar-refractivity contribution in [2.24, 2.45) is 0 Å². The number of rotatable bonds is 4. The van der Waals surface area contributed by atoms with Crippen molar-refractivity contribution in [2.75, 3.05) is 0 Å². The fraction of sp³-hybridized carbons (Fsp3) is 0.182. The minimum atomic E-state index is -1.54. The topological polar surface area (TPSA) is 90.8 Å². The Kier molecular flexibility index (Phi) is 3.69. The number of ketones is 1. The Bertz CT molecular complexity index is 488. The first-order chi connectivity index (χ1) is 7.61. The molecule has 0 unspecified atom stereocenters. The summed E-state index contributed by atoms with van der Waals surface area (Å²) in [6.45, 7) is 1.85. The van der Waals surface area contributed by atoms with Crippen LogP contribution in [0.5, 0.6) is 0 Å². The SMILES string of the molecule is CCc1ccccc1C(=O)C(=[N+]=[N-])C(=O)O. The molecule has 1 aromatic carbocycles. The lowest BCUT2D eigenvalue weighted by Crippen LogP contribution is -2.25. The highest BCUT2D eigenvalue weighted by Gasteiger charge is 2.31. The van der Waals surface area contributed by atoms with Crippen LogP contribution in [0.2, 0.25) is 0 Å². The summed E-state index contributed by atoms with van der Waals surface area (Å²) in [6.07, 6.45) is 0.597. The fourth-order valence-corrected chi connectivity index (χ4v) is 1.36. The third-order valence-electron chi connectivity index (χ3n) is 2.16. The van der Waals surface area contributed by atoms with Gasteiger partial charge in [-0.05, 0) is 12.0 Å². The van der Waals surface area contributed by atoms with Gasteiger partial charge in [-0.15, -0.1) is 0 Å². The molecule has 0 aromatic heterocycles. The maximum atomic E-state index is 11.7. The van der Waals surface area contributed by atoms with Crippen LogP contribution in [-0.4, -0.2) is 27.4 Å². The average molecular weight is 218 g/mol. The Balaban J connectivity index is 3.24. The molecule has 0 heterocycles. The van der Waals surface area contributed by atoms with Gasteiger partial charge in [-0.2, -0.15) is 4.79 Å². The van der Waals surface area contributed by atoms with Crippen LogP contribution in [0.4, 0.5) is 0 Å². The summed E-state index contributed by atoms with van der Waals surface area (Å²) >= 11 is 0. The molecule has 1 N–H and O–H groups in total. The second-order valence-electron chi connectivity index (χ2n) is 3.09. The summed E-state index contributed by atoms with van der Waals surface area (Å²) in [5, 5.41) is 8.66. The molecular weight excluding hydrogens is 208 g/mol. The first-order valence-electron chi connectivity index (χ1n) is 4.69. The summed E-state index contributed by atoms with van der Waals surface area (Å²) < 4.78 is 0. The van der Waals surface area contributed by atoms with Gasteiger partial charge in [0.1, 0.15) is 0 Å². The summed E-state index contributed by atoms with van der Waals surface area (Å²) in [6, 6.07) is 6.62. The number of Topliss-reactive ketones (excluding diaryl/α,β-unsaturated/α-hetero) is 1. The third-order valence-corrected chi connectivity index (χ3v) is 2.16. The Morgan fingerprint density at radius 3 is 2.50 bits per heavy atom. The van der Waals surface area contributed by atoms with E-state index < -0.39 is 17.5 Å². The summed E-state index contributed by atoms with van der Waals surface area (Å²) in [5.74, 6) is -2.33. The van der Waals surface area contributed by atoms with Crippen LogP contribution in [0.15, 0.2) is 24.3 Å². The molecule has 0 atom stereocenters. The number of nitrogens with zero attached hydrogens (tertiary/aromatic N) is 2. The highest BCUT2D eigenvalue weighted by Crippen LogP contribution is 2.10. The molecule has 0 aliphatic heterocycles. The van der Waals surface area contributed by atoms with Crippen LogP contribution in [0, 0.1) is 0 Å². The van der Waals surface area contributed by atoms with Crippen molar-refractivity contribution in [2.45, 2.75) is 13.3 Å². The van der Waals surface area contributed by atoms with E-state index in [0.29, 0.717) is 6.42 Å². The molecule has 0 bridgehead atoms. The van der Waals surface area contributed by atoms with Crippen molar-refractivity contribution in [3.8, 4) is 0 Å². The van der Waals surface area contributed by atoms with Gasteiger partial charge in [-0.3, -0.25) is 4.79 Å². The van der Waals surface area contributed by atoms with Crippen molar-refractivity contribution in [3.63, 3.8) is 0 Å². The Labute approximate surface area is 92.0 Å². The molecule has 0 amide bonds. The smallest absolute Gasteiger partial charge is 0.446 e. The minimum Gasteiger partial charge on any atom is -0.472 e. The molecule has 0 saturated carbocycles. The predicted octanol–water partition coefficient (Wildman–Crippen LogP) is 1.19. The van der Waals surface area contributed by atoms with Gasteiger partial charge in [-0.1, -0.05) is 31.2 Å². The van der Waals surface area contributed by atoms with Crippen LogP contribution >= 0.6 is 0 Å². The molecule has 0 spiro atoms. The molecule has 1 rings (SSSR count). The van der Waals surface area contributed by atoms with E-state index in [0.717, 1.165) is 5.56 Å². The van der Waals surface area contributed by atoms with Crippen LogP contribution in [-0.2, 0) is 11.2 Å².